The fourth-order valence-corrected chi connectivity index (χ4v) is 2.79. The summed E-state index contributed by atoms with van der Waals surface area (Å²) in [5.74, 6) is 0. The second-order valence-electron chi connectivity index (χ2n) is 5.91. The van der Waals surface area contributed by atoms with E-state index in [0.29, 0.717) is 13.2 Å². The molecule has 2 amide bonds. The van der Waals surface area contributed by atoms with E-state index >= 15 is 0 Å². The fourth-order valence-electron chi connectivity index (χ4n) is 2.79. The first-order chi connectivity index (χ1) is 11.8. The zero-order valence-electron chi connectivity index (χ0n) is 13.7. The molecule has 2 aromatic rings. The van der Waals surface area contributed by atoms with Crippen LogP contribution in [0.2, 0.25) is 0 Å². The van der Waals surface area contributed by atoms with Gasteiger partial charge >= 0.3 is 6.03 Å². The summed E-state index contributed by atoms with van der Waals surface area (Å²) in [6.07, 6.45) is 0.0176. The van der Waals surface area contributed by atoms with E-state index in [1.165, 1.54) is 5.56 Å². The van der Waals surface area contributed by atoms with E-state index in [9.17, 15) is 4.79 Å². The maximum absolute atomic E-state index is 11.9. The number of urea groups is 1. The molecule has 0 bridgehead atoms. The van der Waals surface area contributed by atoms with Gasteiger partial charge in [0, 0.05) is 31.9 Å². The number of carbonyl (C=O) groups is 1. The van der Waals surface area contributed by atoms with Crippen molar-refractivity contribution in [3.63, 3.8) is 0 Å². The highest BCUT2D eigenvalue weighted by Crippen LogP contribution is 2.10. The minimum atomic E-state index is -0.204. The number of hydrogen-bond donors (Lipinski definition) is 2. The first kappa shape index (κ1) is 16.5. The monoisotopic (exact) mass is 325 g/mol. The maximum atomic E-state index is 11.9. The highest BCUT2D eigenvalue weighted by molar-refractivity contribution is 5.89. The van der Waals surface area contributed by atoms with Crippen molar-refractivity contribution in [2.75, 3.05) is 31.6 Å². The number of carbonyl (C=O) groups excluding carboxylic acids is 1. The highest BCUT2D eigenvalue weighted by Gasteiger charge is 2.21. The molecule has 1 heterocycles. The molecule has 5 heteroatoms. The minimum absolute atomic E-state index is 0.0176. The summed E-state index contributed by atoms with van der Waals surface area (Å²) in [5.41, 5.74) is 2.08. The van der Waals surface area contributed by atoms with Crippen LogP contribution in [0.15, 0.2) is 60.7 Å². The Kier molecular flexibility index (Phi) is 5.82. The van der Waals surface area contributed by atoms with Gasteiger partial charge in [-0.1, -0.05) is 48.5 Å². The van der Waals surface area contributed by atoms with Crippen LogP contribution in [0, 0.1) is 0 Å². The molecule has 1 saturated heterocycles. The largest absolute Gasteiger partial charge is 0.374 e. The average Bonchev–Trinajstić information content (AvgIpc) is 2.62. The van der Waals surface area contributed by atoms with Crippen molar-refractivity contribution in [2.24, 2.45) is 0 Å². The van der Waals surface area contributed by atoms with Gasteiger partial charge in [-0.05, 0) is 17.7 Å². The SMILES string of the molecule is O=C(NCC1CN(Cc2ccccc2)CCO1)Nc1ccccc1. The van der Waals surface area contributed by atoms with Gasteiger partial charge in [-0.3, -0.25) is 4.90 Å². The predicted octanol–water partition coefficient (Wildman–Crippen LogP) is 2.71. The molecule has 2 N–H and O–H groups in total. The molecule has 2 aromatic carbocycles. The summed E-state index contributed by atoms with van der Waals surface area (Å²) < 4.78 is 5.76. The summed E-state index contributed by atoms with van der Waals surface area (Å²) >= 11 is 0. The van der Waals surface area contributed by atoms with Crippen molar-refractivity contribution in [3.05, 3.63) is 66.2 Å². The Morgan fingerprint density at radius 2 is 1.79 bits per heavy atom. The van der Waals surface area contributed by atoms with Crippen molar-refractivity contribution >= 4 is 11.7 Å². The minimum Gasteiger partial charge on any atom is -0.374 e. The molecule has 5 nitrogen and oxygen atoms in total. The standard InChI is InChI=1S/C19H23N3O2/c23-19(21-17-9-5-2-6-10-17)20-13-18-15-22(11-12-24-18)14-16-7-3-1-4-8-16/h1-10,18H,11-15H2,(H2,20,21,23). The zero-order valence-corrected chi connectivity index (χ0v) is 13.7. The van der Waals surface area contributed by atoms with E-state index in [2.05, 4.69) is 39.8 Å². The fraction of sp³-hybridized carbons (Fsp3) is 0.316. The van der Waals surface area contributed by atoms with Crippen LogP contribution in [0.25, 0.3) is 0 Å². The van der Waals surface area contributed by atoms with Crippen LogP contribution >= 0.6 is 0 Å². The lowest BCUT2D eigenvalue weighted by Gasteiger charge is -2.33. The van der Waals surface area contributed by atoms with Gasteiger partial charge < -0.3 is 15.4 Å². The molecular formula is C19H23N3O2. The normalized spacial score (nSPS) is 18.1. The Morgan fingerprint density at radius 1 is 1.08 bits per heavy atom. The number of nitrogens with zero attached hydrogens (tertiary/aromatic N) is 1. The van der Waals surface area contributed by atoms with Crippen LogP contribution in [0.4, 0.5) is 10.5 Å². The average molecular weight is 325 g/mol. The van der Waals surface area contributed by atoms with Crippen molar-refractivity contribution in [1.82, 2.24) is 10.2 Å². The second-order valence-corrected chi connectivity index (χ2v) is 5.91. The Bertz CT molecular complexity index is 634. The number of benzene rings is 2. The first-order valence-corrected chi connectivity index (χ1v) is 8.27. The van der Waals surface area contributed by atoms with Gasteiger partial charge in [-0.2, -0.15) is 0 Å². The van der Waals surface area contributed by atoms with Crippen molar-refractivity contribution < 1.29 is 9.53 Å². The molecule has 0 radical (unpaired) electrons. The van der Waals surface area contributed by atoms with Crippen LogP contribution in [-0.2, 0) is 11.3 Å². The number of rotatable bonds is 5. The molecule has 3 rings (SSSR count). The summed E-state index contributed by atoms with van der Waals surface area (Å²) in [7, 11) is 0. The van der Waals surface area contributed by atoms with E-state index in [-0.39, 0.29) is 12.1 Å². The number of morpholine rings is 1. The van der Waals surface area contributed by atoms with Gasteiger partial charge in [-0.15, -0.1) is 0 Å². The predicted molar refractivity (Wildman–Crippen MR) is 94.9 cm³/mol. The molecule has 126 valence electrons. The molecule has 1 fully saturated rings. The summed E-state index contributed by atoms with van der Waals surface area (Å²) in [4.78, 5) is 14.3. The molecular weight excluding hydrogens is 302 g/mol. The Labute approximate surface area is 142 Å². The molecule has 0 saturated carbocycles. The number of para-hydroxylation sites is 1. The van der Waals surface area contributed by atoms with Crippen molar-refractivity contribution in [2.45, 2.75) is 12.6 Å². The number of nitrogens with one attached hydrogen (secondary N) is 2. The Hall–Kier alpha value is -2.37. The Morgan fingerprint density at radius 3 is 2.54 bits per heavy atom. The van der Waals surface area contributed by atoms with Crippen LogP contribution in [0.1, 0.15) is 5.56 Å². The molecule has 0 spiro atoms. The number of hydrogen-bond acceptors (Lipinski definition) is 3. The highest BCUT2D eigenvalue weighted by atomic mass is 16.5. The molecule has 1 aliphatic rings. The van der Waals surface area contributed by atoms with Crippen molar-refractivity contribution in [1.29, 1.82) is 0 Å². The van der Waals surface area contributed by atoms with Gasteiger partial charge in [0.25, 0.3) is 0 Å². The Balaban J connectivity index is 1.43. The third-order valence-electron chi connectivity index (χ3n) is 3.99. The molecule has 24 heavy (non-hydrogen) atoms. The lowest BCUT2D eigenvalue weighted by Crippen LogP contribution is -2.47. The number of anilines is 1. The van der Waals surface area contributed by atoms with E-state index in [0.717, 1.165) is 25.3 Å². The molecule has 0 aliphatic carbocycles. The zero-order chi connectivity index (χ0) is 16.6. The van der Waals surface area contributed by atoms with Crippen LogP contribution in [-0.4, -0.2) is 43.3 Å². The van der Waals surface area contributed by atoms with Crippen LogP contribution < -0.4 is 10.6 Å². The van der Waals surface area contributed by atoms with Crippen molar-refractivity contribution in [3.8, 4) is 0 Å². The van der Waals surface area contributed by atoms with E-state index in [4.69, 9.17) is 4.74 Å². The van der Waals surface area contributed by atoms with Gasteiger partial charge in [0.1, 0.15) is 0 Å². The lowest BCUT2D eigenvalue weighted by molar-refractivity contribution is -0.0285. The quantitative estimate of drug-likeness (QED) is 0.889. The summed E-state index contributed by atoms with van der Waals surface area (Å²) in [6, 6.07) is 19.6. The van der Waals surface area contributed by atoms with Gasteiger partial charge in [-0.25, -0.2) is 4.79 Å². The number of amides is 2. The van der Waals surface area contributed by atoms with E-state index in [1.807, 2.05) is 36.4 Å². The van der Waals surface area contributed by atoms with Crippen LogP contribution in [0.5, 0.6) is 0 Å². The van der Waals surface area contributed by atoms with Gasteiger partial charge in [0.2, 0.25) is 0 Å². The van der Waals surface area contributed by atoms with Crippen LogP contribution in [0.3, 0.4) is 0 Å². The summed E-state index contributed by atoms with van der Waals surface area (Å²) in [5, 5.41) is 5.70. The summed E-state index contributed by atoms with van der Waals surface area (Å²) in [6.45, 7) is 3.85. The van der Waals surface area contributed by atoms with Gasteiger partial charge in [0.05, 0.1) is 12.7 Å². The topological polar surface area (TPSA) is 53.6 Å². The molecule has 1 unspecified atom stereocenters. The molecule has 1 atom stereocenters. The van der Waals surface area contributed by atoms with E-state index < -0.39 is 0 Å². The molecule has 0 aromatic heterocycles. The first-order valence-electron chi connectivity index (χ1n) is 8.27. The number of ether oxygens (including phenoxy) is 1. The van der Waals surface area contributed by atoms with E-state index in [1.54, 1.807) is 0 Å². The van der Waals surface area contributed by atoms with Gasteiger partial charge in [0.15, 0.2) is 0 Å². The maximum Gasteiger partial charge on any atom is 0.319 e. The third-order valence-corrected chi connectivity index (χ3v) is 3.99. The third kappa shape index (κ3) is 5.08. The molecule has 1 aliphatic heterocycles. The smallest absolute Gasteiger partial charge is 0.319 e. The second kappa shape index (κ2) is 8.47. The lowest BCUT2D eigenvalue weighted by atomic mass is 10.2.